The second kappa shape index (κ2) is 14.4. The van der Waals surface area contributed by atoms with Gasteiger partial charge in [-0.05, 0) is 167 Å². The third kappa shape index (κ3) is 6.12. The van der Waals surface area contributed by atoms with E-state index in [9.17, 15) is 24.0 Å². The Morgan fingerprint density at radius 1 is 0.722 bits per heavy atom. The third-order valence-corrected chi connectivity index (χ3v) is 17.9. The molecule has 0 radical (unpaired) electrons. The van der Waals surface area contributed by atoms with Crippen molar-refractivity contribution in [3.05, 3.63) is 35.5 Å². The molecule has 0 N–H and O–H groups in total. The van der Waals surface area contributed by atoms with E-state index < -0.39 is 5.60 Å². The minimum Gasteiger partial charge on any atom is -0.450 e. The lowest BCUT2D eigenvalue weighted by Crippen LogP contribution is -2.58. The van der Waals surface area contributed by atoms with Crippen molar-refractivity contribution in [3.8, 4) is 0 Å². The molecule has 0 amide bonds. The summed E-state index contributed by atoms with van der Waals surface area (Å²) >= 11 is 0. The number of unbranched alkanes of at least 4 members (excludes halogenated alkanes) is 2. The van der Waals surface area contributed by atoms with Crippen LogP contribution >= 0.6 is 0 Å². The molecule has 296 valence electrons. The maximum Gasteiger partial charge on any atom is 0.306 e. The van der Waals surface area contributed by atoms with Gasteiger partial charge in [0.05, 0.1) is 0 Å². The van der Waals surface area contributed by atoms with E-state index in [1.165, 1.54) is 30.4 Å². The Labute approximate surface area is 325 Å². The quantitative estimate of drug-likeness (QED) is 0.191. The van der Waals surface area contributed by atoms with Crippen LogP contribution in [0.25, 0.3) is 0 Å². The molecule has 0 unspecified atom stereocenters. The molecule has 12 atom stereocenters. The lowest BCUT2D eigenvalue weighted by Gasteiger charge is -2.59. The molecule has 0 aromatic heterocycles. The van der Waals surface area contributed by atoms with Crippen molar-refractivity contribution in [2.45, 2.75) is 170 Å². The van der Waals surface area contributed by atoms with Gasteiger partial charge in [-0.1, -0.05) is 65.2 Å². The largest absolute Gasteiger partial charge is 0.450 e. The summed E-state index contributed by atoms with van der Waals surface area (Å²) in [7, 11) is 0. The van der Waals surface area contributed by atoms with Gasteiger partial charge in [-0.2, -0.15) is 0 Å². The fourth-order valence-electron chi connectivity index (χ4n) is 14.8. The van der Waals surface area contributed by atoms with E-state index in [-0.39, 0.29) is 45.1 Å². The van der Waals surface area contributed by atoms with Gasteiger partial charge in [-0.15, -0.1) is 0 Å². The number of allylic oxidation sites excluding steroid dienone is 5. The van der Waals surface area contributed by atoms with E-state index in [1.54, 1.807) is 13.8 Å². The van der Waals surface area contributed by atoms with Gasteiger partial charge in [-0.25, -0.2) is 0 Å². The maximum absolute atomic E-state index is 13.1. The van der Waals surface area contributed by atoms with Crippen molar-refractivity contribution in [1.82, 2.24) is 0 Å². The van der Waals surface area contributed by atoms with E-state index in [1.807, 2.05) is 12.2 Å². The molecule has 0 aromatic carbocycles. The van der Waals surface area contributed by atoms with E-state index in [4.69, 9.17) is 4.74 Å². The van der Waals surface area contributed by atoms with Gasteiger partial charge in [-0.3, -0.25) is 24.0 Å². The summed E-state index contributed by atoms with van der Waals surface area (Å²) in [5.41, 5.74) is 1.89. The van der Waals surface area contributed by atoms with Crippen molar-refractivity contribution in [3.63, 3.8) is 0 Å². The Morgan fingerprint density at radius 3 is 2.11 bits per heavy atom. The zero-order valence-corrected chi connectivity index (χ0v) is 34.5. The molecule has 6 heteroatoms. The normalized spacial score (nSPS) is 44.5. The number of fused-ring (bicyclic) bond motifs is 10. The fraction of sp³-hybridized carbons (Fsp3) is 0.771. The number of ether oxygens (including phenoxy) is 1. The molecule has 0 saturated heterocycles. The molecule has 8 aliphatic carbocycles. The number of rotatable bonds is 7. The average molecular weight is 741 g/mol. The summed E-state index contributed by atoms with van der Waals surface area (Å²) in [6, 6.07) is 0. The lowest BCUT2D eigenvalue weighted by molar-refractivity contribution is -0.189. The lowest BCUT2D eigenvalue weighted by atomic mass is 9.46. The monoisotopic (exact) mass is 741 g/mol. The topological polar surface area (TPSA) is 94.6 Å². The highest BCUT2D eigenvalue weighted by molar-refractivity contribution is 5.93. The molecular formula is C48H68O6. The van der Waals surface area contributed by atoms with Crippen LogP contribution in [0.3, 0.4) is 0 Å². The molecular weight excluding hydrogens is 673 g/mol. The minimum atomic E-state index is -0.953. The number of carbonyl (C=O) groups excluding carboxylic acids is 5. The van der Waals surface area contributed by atoms with E-state index >= 15 is 0 Å². The highest BCUT2D eigenvalue weighted by Crippen LogP contribution is 2.69. The Hall–Kier alpha value is -2.63. The van der Waals surface area contributed by atoms with E-state index in [0.29, 0.717) is 72.8 Å². The first-order valence-corrected chi connectivity index (χ1v) is 21.9. The molecule has 8 rings (SSSR count). The van der Waals surface area contributed by atoms with Gasteiger partial charge in [0.2, 0.25) is 0 Å². The molecule has 0 spiro atoms. The zero-order valence-electron chi connectivity index (χ0n) is 34.5. The van der Waals surface area contributed by atoms with Crippen LogP contribution in [-0.2, 0) is 28.7 Å². The molecule has 5 fully saturated rings. The third-order valence-electron chi connectivity index (χ3n) is 17.9. The van der Waals surface area contributed by atoms with Crippen LogP contribution < -0.4 is 0 Å². The van der Waals surface area contributed by atoms with Gasteiger partial charge in [0, 0.05) is 30.6 Å². The van der Waals surface area contributed by atoms with Crippen LogP contribution in [0.1, 0.15) is 164 Å². The first-order chi connectivity index (χ1) is 25.5. The minimum absolute atomic E-state index is 0.0330. The van der Waals surface area contributed by atoms with Crippen LogP contribution in [-0.4, -0.2) is 34.7 Å². The highest BCUT2D eigenvalue weighted by Gasteiger charge is 2.68. The molecule has 0 heterocycles. The molecule has 54 heavy (non-hydrogen) atoms. The highest BCUT2D eigenvalue weighted by atomic mass is 16.6. The number of hydrogen-bond acceptors (Lipinski definition) is 6. The Kier molecular flexibility index (Phi) is 10.6. The summed E-state index contributed by atoms with van der Waals surface area (Å²) in [5.74, 6) is 4.49. The van der Waals surface area contributed by atoms with Crippen LogP contribution in [0.2, 0.25) is 0 Å². The maximum atomic E-state index is 13.1. The van der Waals surface area contributed by atoms with Gasteiger partial charge in [0.1, 0.15) is 5.78 Å². The van der Waals surface area contributed by atoms with Crippen LogP contribution in [0.4, 0.5) is 0 Å². The number of esters is 1. The predicted molar refractivity (Wildman–Crippen MR) is 211 cm³/mol. The number of carbonyl (C=O) groups is 5. The molecule has 5 saturated carbocycles. The summed E-state index contributed by atoms with van der Waals surface area (Å²) in [6.45, 7) is 14.9. The number of ketones is 4. The average Bonchev–Trinajstić information content (AvgIpc) is 3.64. The smallest absolute Gasteiger partial charge is 0.306 e. The van der Waals surface area contributed by atoms with Crippen molar-refractivity contribution in [2.24, 2.45) is 63.1 Å². The van der Waals surface area contributed by atoms with Crippen LogP contribution in [0.5, 0.6) is 0 Å². The summed E-state index contributed by atoms with van der Waals surface area (Å²) in [6.07, 6.45) is 25.5. The van der Waals surface area contributed by atoms with Gasteiger partial charge in [0.25, 0.3) is 0 Å². The Morgan fingerprint density at radius 2 is 1.41 bits per heavy atom. The molecule has 0 aliphatic heterocycles. The summed E-state index contributed by atoms with van der Waals surface area (Å²) in [4.78, 5) is 61.8. The molecule has 0 aromatic rings. The van der Waals surface area contributed by atoms with Gasteiger partial charge >= 0.3 is 5.97 Å². The Bertz CT molecular complexity index is 1670. The van der Waals surface area contributed by atoms with E-state index in [2.05, 4.69) is 46.8 Å². The SMILES string of the molecule is CC(=O)[C@H]1CC[C@H]2[C@@H]3C=CC4=CC(=O)CC[C@@]4(C)[C@@H]3CC[C@]12C.CCCCCC(=O)O[C@]1(C(C)=O)CC[C@H]2[C@@H]3CCC4=CC(=O)CC[C@]4(C)[C@H]3CC[C@@]21C. The van der Waals surface area contributed by atoms with Crippen molar-refractivity contribution in [1.29, 1.82) is 0 Å². The molecule has 6 nitrogen and oxygen atoms in total. The van der Waals surface area contributed by atoms with Gasteiger partial charge in [0.15, 0.2) is 23.0 Å². The van der Waals surface area contributed by atoms with Crippen molar-refractivity contribution >= 4 is 29.1 Å². The first kappa shape index (κ1) is 39.6. The standard InChI is InChI=1S/C27H40O4.C21H28O2/c1-5-6-7-8-24(30)31-27(18(2)28)16-13-23-21-10-9-19-17-20(29)11-14-25(19,3)22(21)12-15-26(23,27)4;1-13(22)17-6-7-18-16-5-4-14-12-15(23)8-10-20(14,2)19(16)9-11-21(17,18)3/h17,21-23H,5-16H2,1-4H3;4-5,12,16-19H,6-11H2,1-3H3/t21-,22+,23+,25+,26+,27+;16-,17+,18-,19+,20+,21+/m10/s1. The fourth-order valence-corrected chi connectivity index (χ4v) is 14.8. The van der Waals surface area contributed by atoms with Crippen LogP contribution in [0, 0.1) is 63.1 Å². The Balaban J connectivity index is 0.000000174. The van der Waals surface area contributed by atoms with Crippen molar-refractivity contribution in [2.75, 3.05) is 0 Å². The first-order valence-electron chi connectivity index (χ1n) is 21.9. The van der Waals surface area contributed by atoms with E-state index in [0.717, 1.165) is 70.6 Å². The summed E-state index contributed by atoms with van der Waals surface area (Å²) in [5, 5.41) is 0. The molecule has 8 aliphatic rings. The second-order valence-electron chi connectivity index (χ2n) is 20.2. The van der Waals surface area contributed by atoms with Crippen LogP contribution in [0.15, 0.2) is 35.5 Å². The zero-order chi connectivity index (χ0) is 38.8. The van der Waals surface area contributed by atoms with Crippen molar-refractivity contribution < 1.29 is 28.7 Å². The predicted octanol–water partition coefficient (Wildman–Crippen LogP) is 10.5. The summed E-state index contributed by atoms with van der Waals surface area (Å²) < 4.78 is 6.16. The second-order valence-corrected chi connectivity index (χ2v) is 20.2. The molecule has 0 bridgehead atoms. The number of Topliss-reactive ketones (excluding diaryl/α,β-unsaturated/α-hetero) is 2. The van der Waals surface area contributed by atoms with Gasteiger partial charge < -0.3 is 4.74 Å². The number of hydrogen-bond donors (Lipinski definition) is 0.